The van der Waals surface area contributed by atoms with E-state index in [0.717, 1.165) is 11.6 Å². The van der Waals surface area contributed by atoms with E-state index in [1.807, 2.05) is 32.9 Å². The molecule has 2 aromatic carbocycles. The number of anilines is 1. The number of urea groups is 1. The molecule has 0 radical (unpaired) electrons. The van der Waals surface area contributed by atoms with Crippen molar-refractivity contribution in [3.63, 3.8) is 0 Å². The van der Waals surface area contributed by atoms with Gasteiger partial charge in [0.1, 0.15) is 11.3 Å². The highest BCUT2D eigenvalue weighted by Gasteiger charge is 2.17. The predicted molar refractivity (Wildman–Crippen MR) is 114 cm³/mol. The summed E-state index contributed by atoms with van der Waals surface area (Å²) in [6, 6.07) is 9.12. The van der Waals surface area contributed by atoms with Crippen LogP contribution in [0.5, 0.6) is 0 Å². The van der Waals surface area contributed by atoms with Crippen LogP contribution in [-0.4, -0.2) is 39.9 Å². The highest BCUT2D eigenvalue weighted by Crippen LogP contribution is 2.20. The van der Waals surface area contributed by atoms with Crippen LogP contribution in [-0.2, 0) is 0 Å². The first-order valence-corrected chi connectivity index (χ1v) is 9.80. The smallest absolute Gasteiger partial charge is 0.321 e. The number of nitrogens with zero attached hydrogens (tertiary/aromatic N) is 3. The van der Waals surface area contributed by atoms with Crippen LogP contribution in [0.25, 0.3) is 11.0 Å². The van der Waals surface area contributed by atoms with Gasteiger partial charge in [-0.15, -0.1) is 0 Å². The average molecular weight is 409 g/mol. The number of carbonyl (C=O) groups is 2. The lowest BCUT2D eigenvalue weighted by Gasteiger charge is -2.20. The Bertz CT molecular complexity index is 1050. The summed E-state index contributed by atoms with van der Waals surface area (Å²) in [6.07, 6.45) is 2.92. The van der Waals surface area contributed by atoms with E-state index in [1.54, 1.807) is 17.0 Å². The van der Waals surface area contributed by atoms with Crippen molar-refractivity contribution in [2.24, 2.45) is 0 Å². The molecule has 3 rings (SSSR count). The largest absolute Gasteiger partial charge is 0.345 e. The van der Waals surface area contributed by atoms with E-state index < -0.39 is 11.7 Å². The summed E-state index contributed by atoms with van der Waals surface area (Å²) >= 11 is 0. The Morgan fingerprint density at radius 1 is 1.07 bits per heavy atom. The Morgan fingerprint density at radius 3 is 2.40 bits per heavy atom. The predicted octanol–water partition coefficient (Wildman–Crippen LogP) is 4.13. The maximum atomic E-state index is 13.9. The minimum absolute atomic E-state index is 0.132. The van der Waals surface area contributed by atoms with Crippen molar-refractivity contribution in [3.05, 3.63) is 65.7 Å². The second-order valence-electron chi connectivity index (χ2n) is 6.80. The second kappa shape index (κ2) is 9.30. The lowest BCUT2D eigenvalue weighted by Crippen LogP contribution is -2.34. The lowest BCUT2D eigenvalue weighted by atomic mass is 10.1. The van der Waals surface area contributed by atoms with E-state index in [-0.39, 0.29) is 17.6 Å². The fourth-order valence-corrected chi connectivity index (χ4v) is 3.14. The van der Waals surface area contributed by atoms with Crippen molar-refractivity contribution in [2.75, 3.05) is 18.4 Å². The van der Waals surface area contributed by atoms with Gasteiger partial charge in [0.05, 0.1) is 17.1 Å². The molecule has 7 nitrogen and oxygen atoms in total. The molecule has 1 heterocycles. The first kappa shape index (κ1) is 21.2. The average Bonchev–Trinajstić information content (AvgIpc) is 2.74. The third-order valence-corrected chi connectivity index (χ3v) is 4.84. The van der Waals surface area contributed by atoms with Crippen molar-refractivity contribution >= 4 is 28.7 Å². The van der Waals surface area contributed by atoms with Crippen molar-refractivity contribution in [2.45, 2.75) is 26.8 Å². The molecule has 0 saturated carbocycles. The molecule has 0 bridgehead atoms. The number of nitrogens with one attached hydrogen (secondary N) is 2. The Kier molecular flexibility index (Phi) is 6.56. The summed E-state index contributed by atoms with van der Waals surface area (Å²) in [5.41, 5.74) is 2.31. The number of hydrogen-bond donors (Lipinski definition) is 2. The van der Waals surface area contributed by atoms with Crippen molar-refractivity contribution < 1.29 is 14.0 Å². The zero-order chi connectivity index (χ0) is 21.7. The molecule has 8 heteroatoms. The van der Waals surface area contributed by atoms with Gasteiger partial charge < -0.3 is 15.5 Å². The maximum Gasteiger partial charge on any atom is 0.321 e. The first-order valence-electron chi connectivity index (χ1n) is 9.80. The molecule has 3 aromatic rings. The molecule has 3 amide bonds. The van der Waals surface area contributed by atoms with Gasteiger partial charge in [-0.3, -0.25) is 14.8 Å². The molecule has 1 atom stereocenters. The highest BCUT2D eigenvalue weighted by molar-refractivity contribution is 6.04. The number of benzene rings is 2. The number of rotatable bonds is 6. The summed E-state index contributed by atoms with van der Waals surface area (Å²) in [4.78, 5) is 34.8. The number of aromatic nitrogens is 2. The van der Waals surface area contributed by atoms with Crippen LogP contribution >= 0.6 is 0 Å². The van der Waals surface area contributed by atoms with Crippen molar-refractivity contribution in [3.8, 4) is 0 Å². The minimum Gasteiger partial charge on any atom is -0.345 e. The second-order valence-corrected chi connectivity index (χ2v) is 6.80. The number of carbonyl (C=O) groups excluding carboxylic acids is 2. The van der Waals surface area contributed by atoms with Gasteiger partial charge in [-0.05, 0) is 44.5 Å². The van der Waals surface area contributed by atoms with Crippen LogP contribution in [0, 0.1) is 5.82 Å². The Balaban J connectivity index is 1.71. The molecule has 30 heavy (non-hydrogen) atoms. The lowest BCUT2D eigenvalue weighted by molar-refractivity contribution is 0.0941. The minimum atomic E-state index is -0.547. The van der Waals surface area contributed by atoms with E-state index in [9.17, 15) is 14.0 Å². The van der Waals surface area contributed by atoms with Crippen molar-refractivity contribution in [1.29, 1.82) is 0 Å². The van der Waals surface area contributed by atoms with Crippen LogP contribution in [0.15, 0.2) is 48.8 Å². The Morgan fingerprint density at radius 2 is 1.73 bits per heavy atom. The summed E-state index contributed by atoms with van der Waals surface area (Å²) in [6.45, 7) is 6.92. The Labute approximate surface area is 174 Å². The van der Waals surface area contributed by atoms with Gasteiger partial charge in [0.2, 0.25) is 0 Å². The third-order valence-electron chi connectivity index (χ3n) is 4.84. The van der Waals surface area contributed by atoms with Gasteiger partial charge in [-0.1, -0.05) is 12.1 Å². The topological polar surface area (TPSA) is 87.2 Å². The molecule has 0 saturated heterocycles. The summed E-state index contributed by atoms with van der Waals surface area (Å²) in [5, 5.41) is 5.71. The first-order chi connectivity index (χ1) is 14.4. The zero-order valence-electron chi connectivity index (χ0n) is 17.1. The van der Waals surface area contributed by atoms with E-state index >= 15 is 0 Å². The fraction of sp³-hybridized carbons (Fsp3) is 0.273. The van der Waals surface area contributed by atoms with E-state index in [2.05, 4.69) is 20.6 Å². The maximum absolute atomic E-state index is 13.9. The monoisotopic (exact) mass is 409 g/mol. The quantitative estimate of drug-likeness (QED) is 0.641. The molecular formula is C22H24FN5O2. The standard InChI is InChI=1S/C22H24FN5O2/c1-4-28(5-2)22(30)27-17-8-6-15(7-9-17)14(3)26-21(29)18-12-16(23)13-19-20(18)25-11-10-24-19/h6-14H,4-5H2,1-3H3,(H,26,29)(H,27,30). The van der Waals surface area contributed by atoms with E-state index in [4.69, 9.17) is 0 Å². The Hall–Kier alpha value is -3.55. The SMILES string of the molecule is CCN(CC)C(=O)Nc1ccc(C(C)NC(=O)c2cc(F)cc3nccnc23)cc1. The third kappa shape index (κ3) is 4.71. The van der Waals surface area contributed by atoms with Gasteiger partial charge in [-0.2, -0.15) is 0 Å². The van der Waals surface area contributed by atoms with Gasteiger partial charge in [0, 0.05) is 37.2 Å². The molecule has 1 aromatic heterocycles. The summed E-state index contributed by atoms with van der Waals surface area (Å²) in [5.74, 6) is -0.986. The van der Waals surface area contributed by atoms with Crippen LogP contribution in [0.4, 0.5) is 14.9 Å². The molecule has 0 aliphatic heterocycles. The van der Waals surface area contributed by atoms with Crippen LogP contribution in [0.2, 0.25) is 0 Å². The molecule has 0 spiro atoms. The van der Waals surface area contributed by atoms with Gasteiger partial charge >= 0.3 is 6.03 Å². The van der Waals surface area contributed by atoms with Crippen molar-refractivity contribution in [1.82, 2.24) is 20.2 Å². The number of fused-ring (bicyclic) bond motifs is 1. The van der Waals surface area contributed by atoms with Crippen LogP contribution in [0.3, 0.4) is 0 Å². The van der Waals surface area contributed by atoms with Crippen LogP contribution in [0.1, 0.15) is 42.7 Å². The number of amides is 3. The molecule has 156 valence electrons. The number of hydrogen-bond acceptors (Lipinski definition) is 4. The summed E-state index contributed by atoms with van der Waals surface area (Å²) in [7, 11) is 0. The molecule has 2 N–H and O–H groups in total. The van der Waals surface area contributed by atoms with Crippen LogP contribution < -0.4 is 10.6 Å². The van der Waals surface area contributed by atoms with Gasteiger partial charge in [0.15, 0.2) is 0 Å². The molecular weight excluding hydrogens is 385 g/mol. The number of halogens is 1. The normalized spacial score (nSPS) is 11.7. The highest BCUT2D eigenvalue weighted by atomic mass is 19.1. The zero-order valence-corrected chi connectivity index (χ0v) is 17.1. The molecule has 1 unspecified atom stereocenters. The molecule has 0 aliphatic carbocycles. The van der Waals surface area contributed by atoms with E-state index in [0.29, 0.717) is 29.8 Å². The fourth-order valence-electron chi connectivity index (χ4n) is 3.14. The van der Waals surface area contributed by atoms with E-state index in [1.165, 1.54) is 18.5 Å². The van der Waals surface area contributed by atoms with Gasteiger partial charge in [0.25, 0.3) is 5.91 Å². The van der Waals surface area contributed by atoms with Gasteiger partial charge in [-0.25, -0.2) is 9.18 Å². The summed E-state index contributed by atoms with van der Waals surface area (Å²) < 4.78 is 13.9. The molecule has 0 fully saturated rings. The molecule has 0 aliphatic rings.